The summed E-state index contributed by atoms with van der Waals surface area (Å²) >= 11 is 0. The minimum Gasteiger partial charge on any atom is -0.394 e. The van der Waals surface area contributed by atoms with Crippen LogP contribution in [0.5, 0.6) is 0 Å². The number of hydrogen-bond donors (Lipinski definition) is 8. The quantitative estimate of drug-likeness (QED) is 0.243. The second kappa shape index (κ2) is 7.63. The summed E-state index contributed by atoms with van der Waals surface area (Å²) in [6, 6.07) is -1.19. The van der Waals surface area contributed by atoms with Gasteiger partial charge >= 0.3 is 0 Å². The van der Waals surface area contributed by atoms with Crippen molar-refractivity contribution in [2.45, 2.75) is 61.3 Å². The van der Waals surface area contributed by atoms with E-state index in [1.54, 1.807) is 0 Å². The van der Waals surface area contributed by atoms with Gasteiger partial charge in [-0.15, -0.1) is 0 Å². The Morgan fingerprint density at radius 1 is 0.783 bits per heavy atom. The predicted molar refractivity (Wildman–Crippen MR) is 70.6 cm³/mol. The molecule has 10 atom stereocenters. The first-order valence-corrected chi connectivity index (χ1v) is 7.15. The van der Waals surface area contributed by atoms with Gasteiger partial charge in [-0.25, -0.2) is 0 Å². The van der Waals surface area contributed by atoms with E-state index in [4.69, 9.17) is 25.1 Å². The monoisotopic (exact) mass is 341 g/mol. The highest BCUT2D eigenvalue weighted by atomic mass is 16.7. The zero-order valence-corrected chi connectivity index (χ0v) is 12.1. The molecule has 136 valence electrons. The van der Waals surface area contributed by atoms with Crippen molar-refractivity contribution in [1.29, 1.82) is 0 Å². The Kier molecular flexibility index (Phi) is 6.27. The summed E-state index contributed by atoms with van der Waals surface area (Å²) in [7, 11) is 0. The maximum absolute atomic E-state index is 9.83. The molecular formula is C12H23NO10. The van der Waals surface area contributed by atoms with Crippen molar-refractivity contribution in [1.82, 2.24) is 0 Å². The van der Waals surface area contributed by atoms with Gasteiger partial charge < -0.3 is 55.7 Å². The van der Waals surface area contributed by atoms with Gasteiger partial charge in [0.05, 0.1) is 19.3 Å². The summed E-state index contributed by atoms with van der Waals surface area (Å²) in [5.74, 6) is 0. The standard InChI is InChI=1S/C12H23NO10/c13-5-8(17)7(16)4(22-11(5)20)2-21-12-10(19)9(18)6(15)3(1-14)23-12/h3-12,14-20H,1-2,13H2. The Hall–Kier alpha value is -0.440. The molecule has 0 aromatic heterocycles. The summed E-state index contributed by atoms with van der Waals surface area (Å²) in [5.41, 5.74) is 5.43. The smallest absolute Gasteiger partial charge is 0.186 e. The first kappa shape index (κ1) is 18.9. The molecule has 11 heteroatoms. The molecule has 2 aliphatic rings. The molecule has 10 unspecified atom stereocenters. The number of aliphatic hydroxyl groups is 7. The third-order valence-corrected chi connectivity index (χ3v) is 4.04. The van der Waals surface area contributed by atoms with Gasteiger partial charge in [0.15, 0.2) is 12.6 Å². The lowest BCUT2D eigenvalue weighted by Gasteiger charge is -2.42. The number of aliphatic hydroxyl groups excluding tert-OH is 7. The van der Waals surface area contributed by atoms with Crippen LogP contribution in [0.15, 0.2) is 0 Å². The van der Waals surface area contributed by atoms with E-state index >= 15 is 0 Å². The van der Waals surface area contributed by atoms with Crippen LogP contribution in [0.3, 0.4) is 0 Å². The molecule has 9 N–H and O–H groups in total. The SMILES string of the molecule is NC1C(O)OC(COC2OC(CO)C(O)C(O)C2O)C(O)C1O. The molecule has 0 bridgehead atoms. The van der Waals surface area contributed by atoms with Gasteiger partial charge in [-0.3, -0.25) is 0 Å². The number of ether oxygens (including phenoxy) is 3. The lowest BCUT2D eigenvalue weighted by atomic mass is 9.97. The molecule has 0 saturated carbocycles. The van der Waals surface area contributed by atoms with Crippen LogP contribution in [-0.4, -0.2) is 110 Å². The van der Waals surface area contributed by atoms with E-state index in [-0.39, 0.29) is 0 Å². The van der Waals surface area contributed by atoms with E-state index in [2.05, 4.69) is 0 Å². The molecule has 2 saturated heterocycles. The highest BCUT2D eigenvalue weighted by molar-refractivity contribution is 4.92. The van der Waals surface area contributed by atoms with Crippen LogP contribution >= 0.6 is 0 Å². The molecule has 0 aromatic carbocycles. The fourth-order valence-electron chi connectivity index (χ4n) is 2.50. The molecule has 0 amide bonds. The van der Waals surface area contributed by atoms with E-state index in [1.165, 1.54) is 0 Å². The van der Waals surface area contributed by atoms with E-state index in [9.17, 15) is 30.6 Å². The molecule has 0 radical (unpaired) electrons. The van der Waals surface area contributed by atoms with E-state index in [0.717, 1.165) is 0 Å². The second-order valence-corrected chi connectivity index (χ2v) is 5.65. The van der Waals surface area contributed by atoms with E-state index in [1.807, 2.05) is 0 Å². The molecule has 2 heterocycles. The van der Waals surface area contributed by atoms with Crippen molar-refractivity contribution in [3.63, 3.8) is 0 Å². The predicted octanol–water partition coefficient (Wildman–Crippen LogP) is -5.43. The molecule has 0 spiro atoms. The third kappa shape index (κ3) is 3.81. The van der Waals surface area contributed by atoms with E-state index in [0.29, 0.717) is 0 Å². The number of nitrogens with two attached hydrogens (primary N) is 1. The minimum atomic E-state index is -1.61. The second-order valence-electron chi connectivity index (χ2n) is 5.65. The topological polar surface area (TPSA) is 195 Å². The van der Waals surface area contributed by atoms with Crippen LogP contribution < -0.4 is 5.73 Å². The van der Waals surface area contributed by atoms with Crippen LogP contribution in [0.25, 0.3) is 0 Å². The van der Waals surface area contributed by atoms with Crippen molar-refractivity contribution in [3.05, 3.63) is 0 Å². The lowest BCUT2D eigenvalue weighted by Crippen LogP contribution is -2.63. The van der Waals surface area contributed by atoms with Crippen LogP contribution in [-0.2, 0) is 14.2 Å². The Labute approximate surface area is 131 Å². The molecule has 0 aromatic rings. The summed E-state index contributed by atoms with van der Waals surface area (Å²) in [6.07, 6.45) is -12.8. The summed E-state index contributed by atoms with van der Waals surface area (Å²) in [5, 5.41) is 67.2. The number of hydrogen-bond acceptors (Lipinski definition) is 11. The van der Waals surface area contributed by atoms with Crippen molar-refractivity contribution in [2.24, 2.45) is 5.73 Å². The highest BCUT2D eigenvalue weighted by Gasteiger charge is 2.46. The molecular weight excluding hydrogens is 318 g/mol. The maximum atomic E-state index is 9.83. The fraction of sp³-hybridized carbons (Fsp3) is 1.00. The zero-order chi connectivity index (χ0) is 17.3. The fourth-order valence-corrected chi connectivity index (χ4v) is 2.50. The van der Waals surface area contributed by atoms with Crippen LogP contribution in [0.4, 0.5) is 0 Å². The highest BCUT2D eigenvalue weighted by Crippen LogP contribution is 2.24. The largest absolute Gasteiger partial charge is 0.394 e. The molecule has 11 nitrogen and oxygen atoms in total. The van der Waals surface area contributed by atoms with Gasteiger partial charge in [0.25, 0.3) is 0 Å². The summed E-state index contributed by atoms with van der Waals surface area (Å²) in [4.78, 5) is 0. The van der Waals surface area contributed by atoms with Crippen LogP contribution in [0, 0.1) is 0 Å². The Morgan fingerprint density at radius 3 is 2.00 bits per heavy atom. The van der Waals surface area contributed by atoms with Crippen molar-refractivity contribution >= 4 is 0 Å². The first-order chi connectivity index (χ1) is 10.8. The van der Waals surface area contributed by atoms with Crippen molar-refractivity contribution in [2.75, 3.05) is 13.2 Å². The molecule has 23 heavy (non-hydrogen) atoms. The lowest BCUT2D eigenvalue weighted by molar-refractivity contribution is -0.317. The van der Waals surface area contributed by atoms with E-state index < -0.39 is 74.6 Å². The van der Waals surface area contributed by atoms with Gasteiger partial charge in [0, 0.05) is 0 Å². The van der Waals surface area contributed by atoms with Gasteiger partial charge in [-0.05, 0) is 0 Å². The van der Waals surface area contributed by atoms with Gasteiger partial charge in [0.2, 0.25) is 0 Å². The van der Waals surface area contributed by atoms with Crippen molar-refractivity contribution in [3.8, 4) is 0 Å². The summed E-state index contributed by atoms with van der Waals surface area (Å²) < 4.78 is 15.3. The van der Waals surface area contributed by atoms with Crippen molar-refractivity contribution < 1.29 is 50.0 Å². The Balaban J connectivity index is 1.94. The zero-order valence-electron chi connectivity index (χ0n) is 12.1. The molecule has 2 rings (SSSR count). The molecule has 2 fully saturated rings. The first-order valence-electron chi connectivity index (χ1n) is 7.15. The Morgan fingerprint density at radius 2 is 1.39 bits per heavy atom. The van der Waals surface area contributed by atoms with Crippen LogP contribution in [0.2, 0.25) is 0 Å². The average molecular weight is 341 g/mol. The third-order valence-electron chi connectivity index (χ3n) is 4.04. The maximum Gasteiger partial charge on any atom is 0.186 e. The molecule has 0 aliphatic carbocycles. The van der Waals surface area contributed by atoms with Crippen LogP contribution in [0.1, 0.15) is 0 Å². The molecule has 2 aliphatic heterocycles. The van der Waals surface area contributed by atoms with Gasteiger partial charge in [-0.1, -0.05) is 0 Å². The van der Waals surface area contributed by atoms with Gasteiger partial charge in [-0.2, -0.15) is 0 Å². The Bertz CT molecular complexity index is 385. The average Bonchev–Trinajstić information content (AvgIpc) is 2.54. The minimum absolute atomic E-state index is 0.412. The van der Waals surface area contributed by atoms with Gasteiger partial charge in [0.1, 0.15) is 42.7 Å². The summed E-state index contributed by atoms with van der Waals surface area (Å²) in [6.45, 7) is -1.02. The number of rotatable bonds is 4. The normalized spacial score (nSPS) is 51.7.